The summed E-state index contributed by atoms with van der Waals surface area (Å²) in [6.07, 6.45) is 3.25. The number of nitrogens with one attached hydrogen (secondary N) is 2. The minimum atomic E-state index is -0.489. The largest absolute Gasteiger partial charge is 0.360 e. The van der Waals surface area contributed by atoms with Crippen LogP contribution in [0.5, 0.6) is 0 Å². The maximum Gasteiger partial charge on any atom is 0.291 e. The Hall–Kier alpha value is -1.70. The Balaban J connectivity index is 2.02. The van der Waals surface area contributed by atoms with Crippen molar-refractivity contribution >= 4 is 33.3 Å². The third-order valence-corrected chi connectivity index (χ3v) is 3.76. The first-order valence-electron chi connectivity index (χ1n) is 5.81. The van der Waals surface area contributed by atoms with Gasteiger partial charge in [0.15, 0.2) is 0 Å². The third-order valence-electron chi connectivity index (χ3n) is 2.79. The van der Waals surface area contributed by atoms with E-state index in [0.717, 1.165) is 12.8 Å². The van der Waals surface area contributed by atoms with E-state index >= 15 is 0 Å². The van der Waals surface area contributed by atoms with E-state index in [0.29, 0.717) is 21.9 Å². The van der Waals surface area contributed by atoms with E-state index in [1.807, 2.05) is 0 Å². The van der Waals surface area contributed by atoms with Gasteiger partial charge in [-0.1, -0.05) is 0 Å². The van der Waals surface area contributed by atoms with Crippen LogP contribution in [-0.2, 0) is 4.79 Å². The van der Waals surface area contributed by atoms with Gasteiger partial charge >= 0.3 is 0 Å². The van der Waals surface area contributed by atoms with Gasteiger partial charge < -0.3 is 10.6 Å². The van der Waals surface area contributed by atoms with Crippen LogP contribution in [0.1, 0.15) is 18.4 Å². The number of carbonyl (C=O) groups excluding carboxylic acids is 1. The van der Waals surface area contributed by atoms with E-state index in [9.17, 15) is 14.9 Å². The first-order chi connectivity index (χ1) is 8.99. The number of halogens is 1. The van der Waals surface area contributed by atoms with Crippen LogP contribution in [0.4, 0.5) is 11.5 Å². The van der Waals surface area contributed by atoms with Gasteiger partial charge in [-0.05, 0) is 35.7 Å². The van der Waals surface area contributed by atoms with Crippen molar-refractivity contribution in [3.05, 3.63) is 26.3 Å². The van der Waals surface area contributed by atoms with Crippen LogP contribution in [0.25, 0.3) is 0 Å². The van der Waals surface area contributed by atoms with E-state index in [1.165, 1.54) is 6.20 Å². The molecule has 102 valence electrons. The number of nitro groups is 1. The second-order valence-corrected chi connectivity index (χ2v) is 5.18. The summed E-state index contributed by atoms with van der Waals surface area (Å²) in [6, 6.07) is 0.310. The Labute approximate surface area is 118 Å². The van der Waals surface area contributed by atoms with Crippen molar-refractivity contribution in [2.45, 2.75) is 25.8 Å². The van der Waals surface area contributed by atoms with E-state index < -0.39 is 4.92 Å². The molecule has 0 bridgehead atoms. The van der Waals surface area contributed by atoms with Crippen LogP contribution in [0, 0.1) is 17.0 Å². The number of pyridine rings is 1. The molecule has 1 amide bonds. The number of aromatic nitrogens is 1. The van der Waals surface area contributed by atoms with E-state index in [1.54, 1.807) is 6.92 Å². The van der Waals surface area contributed by atoms with Gasteiger partial charge in [0.1, 0.15) is 12.0 Å². The van der Waals surface area contributed by atoms with Crippen LogP contribution in [0.15, 0.2) is 10.7 Å². The fourth-order valence-electron chi connectivity index (χ4n) is 1.55. The average Bonchev–Trinajstić information content (AvgIpc) is 3.14. The molecule has 1 aromatic rings. The molecule has 0 unspecified atom stereocenters. The molecule has 0 atom stereocenters. The first kappa shape index (κ1) is 13.7. The van der Waals surface area contributed by atoms with Gasteiger partial charge in [0.05, 0.1) is 15.9 Å². The van der Waals surface area contributed by atoms with Crippen LogP contribution >= 0.6 is 15.9 Å². The molecule has 1 aliphatic rings. The van der Waals surface area contributed by atoms with E-state index in [-0.39, 0.29) is 18.1 Å². The highest BCUT2D eigenvalue weighted by molar-refractivity contribution is 9.10. The molecule has 1 aromatic heterocycles. The highest BCUT2D eigenvalue weighted by atomic mass is 79.9. The Morgan fingerprint density at radius 1 is 1.63 bits per heavy atom. The molecule has 1 heterocycles. The minimum Gasteiger partial charge on any atom is -0.360 e. The number of hydrogen-bond donors (Lipinski definition) is 2. The average molecular weight is 329 g/mol. The normalized spacial score (nSPS) is 14.0. The van der Waals surface area contributed by atoms with Crippen LogP contribution in [-0.4, -0.2) is 28.4 Å². The number of rotatable bonds is 5. The summed E-state index contributed by atoms with van der Waals surface area (Å²) in [5.41, 5.74) is 0.421. The maximum atomic E-state index is 11.5. The van der Waals surface area contributed by atoms with E-state index in [2.05, 4.69) is 31.5 Å². The molecule has 0 radical (unpaired) electrons. The Morgan fingerprint density at radius 2 is 2.32 bits per heavy atom. The van der Waals surface area contributed by atoms with E-state index in [4.69, 9.17) is 0 Å². The zero-order valence-corrected chi connectivity index (χ0v) is 11.9. The Morgan fingerprint density at radius 3 is 2.89 bits per heavy atom. The lowest BCUT2D eigenvalue weighted by Gasteiger charge is -2.09. The molecule has 0 spiro atoms. The molecule has 2 rings (SSSR count). The van der Waals surface area contributed by atoms with Gasteiger partial charge in [-0.15, -0.1) is 0 Å². The summed E-state index contributed by atoms with van der Waals surface area (Å²) >= 11 is 3.25. The molecular weight excluding hydrogens is 316 g/mol. The van der Waals surface area contributed by atoms with Gasteiger partial charge in [0.25, 0.3) is 5.69 Å². The number of hydrogen-bond acceptors (Lipinski definition) is 5. The van der Waals surface area contributed by atoms with Crippen LogP contribution in [0.3, 0.4) is 0 Å². The molecular formula is C11H13BrN4O3. The third kappa shape index (κ3) is 3.40. The predicted octanol–water partition coefficient (Wildman–Crippen LogP) is 1.75. The summed E-state index contributed by atoms with van der Waals surface area (Å²) in [6.45, 7) is 1.72. The van der Waals surface area contributed by atoms with Gasteiger partial charge in [0.2, 0.25) is 5.91 Å². The molecule has 1 aliphatic carbocycles. The number of nitrogens with zero attached hydrogens (tertiary/aromatic N) is 2. The highest BCUT2D eigenvalue weighted by Crippen LogP contribution is 2.30. The van der Waals surface area contributed by atoms with Crippen molar-refractivity contribution < 1.29 is 9.72 Å². The number of carbonyl (C=O) groups is 1. The summed E-state index contributed by atoms with van der Waals surface area (Å²) in [4.78, 5) is 25.7. The van der Waals surface area contributed by atoms with Gasteiger partial charge in [-0.2, -0.15) is 0 Å². The van der Waals surface area contributed by atoms with Crippen molar-refractivity contribution in [2.24, 2.45) is 0 Å². The number of anilines is 1. The standard InChI is InChI=1S/C11H13BrN4O3/c1-6-8(16(18)19)4-13-11(10(6)12)14-5-9(17)15-7-2-3-7/h4,7H,2-3,5H2,1H3,(H,13,14)(H,15,17). The first-order valence-corrected chi connectivity index (χ1v) is 6.61. The van der Waals surface area contributed by atoms with Gasteiger partial charge in [-0.3, -0.25) is 14.9 Å². The summed E-state index contributed by atoms with van der Waals surface area (Å²) in [5, 5.41) is 16.4. The lowest BCUT2D eigenvalue weighted by Crippen LogP contribution is -2.31. The smallest absolute Gasteiger partial charge is 0.291 e. The summed E-state index contributed by atoms with van der Waals surface area (Å²) in [5.74, 6) is 0.321. The molecule has 19 heavy (non-hydrogen) atoms. The van der Waals surface area contributed by atoms with Crippen molar-refractivity contribution in [2.75, 3.05) is 11.9 Å². The SMILES string of the molecule is Cc1c([N+](=O)[O-])cnc(NCC(=O)NC2CC2)c1Br. The molecule has 7 nitrogen and oxygen atoms in total. The quantitative estimate of drug-likeness (QED) is 0.634. The van der Waals surface area contributed by atoms with Crippen molar-refractivity contribution in [3.63, 3.8) is 0 Å². The molecule has 0 saturated heterocycles. The van der Waals surface area contributed by atoms with Crippen molar-refractivity contribution in [1.29, 1.82) is 0 Å². The van der Waals surface area contributed by atoms with Gasteiger partial charge in [-0.25, -0.2) is 4.98 Å². The zero-order chi connectivity index (χ0) is 14.0. The molecule has 0 aromatic carbocycles. The monoisotopic (exact) mass is 328 g/mol. The Bertz CT molecular complexity index is 531. The fourth-order valence-corrected chi connectivity index (χ4v) is 1.99. The summed E-state index contributed by atoms with van der Waals surface area (Å²) < 4.78 is 0.501. The Kier molecular flexibility index (Phi) is 3.98. The lowest BCUT2D eigenvalue weighted by atomic mass is 10.2. The number of amides is 1. The van der Waals surface area contributed by atoms with Crippen LogP contribution < -0.4 is 10.6 Å². The van der Waals surface area contributed by atoms with Gasteiger partial charge in [0, 0.05) is 11.6 Å². The highest BCUT2D eigenvalue weighted by Gasteiger charge is 2.23. The molecule has 1 fully saturated rings. The molecule has 1 saturated carbocycles. The van der Waals surface area contributed by atoms with Crippen LogP contribution in [0.2, 0.25) is 0 Å². The minimum absolute atomic E-state index is 0.0557. The molecule has 0 aliphatic heterocycles. The topological polar surface area (TPSA) is 97.2 Å². The van der Waals surface area contributed by atoms with Crippen molar-refractivity contribution in [3.8, 4) is 0 Å². The van der Waals surface area contributed by atoms with Crippen molar-refractivity contribution in [1.82, 2.24) is 10.3 Å². The zero-order valence-electron chi connectivity index (χ0n) is 10.3. The second kappa shape index (κ2) is 5.52. The molecule has 8 heteroatoms. The molecule has 2 N–H and O–H groups in total. The fraction of sp³-hybridized carbons (Fsp3) is 0.455. The second-order valence-electron chi connectivity index (χ2n) is 4.38. The summed E-state index contributed by atoms with van der Waals surface area (Å²) in [7, 11) is 0. The predicted molar refractivity (Wildman–Crippen MR) is 73.0 cm³/mol. The maximum absolute atomic E-state index is 11.5. The lowest BCUT2D eigenvalue weighted by molar-refractivity contribution is -0.385.